The van der Waals surface area contributed by atoms with Crippen LogP contribution in [0.15, 0.2) is 0 Å². The van der Waals surface area contributed by atoms with Crippen LogP contribution in [-0.2, 0) is 14.8 Å². The van der Waals surface area contributed by atoms with Crippen LogP contribution < -0.4 is 0 Å². The molecule has 3 heteroatoms. The summed E-state index contributed by atoms with van der Waals surface area (Å²) in [4.78, 5) is 0. The summed E-state index contributed by atoms with van der Waals surface area (Å²) in [6, 6.07) is 0. The van der Waals surface area contributed by atoms with Gasteiger partial charge < -0.3 is 6.92 Å². The SMILES string of the molecule is [CH2-]CCF.[Zn+][I]. The van der Waals surface area contributed by atoms with Crippen molar-refractivity contribution >= 4 is 19.8 Å². The number of hydrogen-bond acceptors (Lipinski definition) is 0. The molecule has 0 spiro atoms. The fourth-order valence-electron chi connectivity index (χ4n) is 0. The van der Waals surface area contributed by atoms with E-state index >= 15 is 0 Å². The van der Waals surface area contributed by atoms with E-state index < -0.39 is 0 Å². The molecule has 34 valence electrons. The van der Waals surface area contributed by atoms with E-state index in [2.05, 4.69) is 26.7 Å². The van der Waals surface area contributed by atoms with Gasteiger partial charge in [-0.15, -0.1) is 0 Å². The second kappa shape index (κ2) is 16.3. The molecular weight excluding hydrogens is 247 g/mol. The van der Waals surface area contributed by atoms with Gasteiger partial charge in [0, 0.05) is 0 Å². The fourth-order valence-corrected chi connectivity index (χ4v) is 0. The van der Waals surface area contributed by atoms with Crippen LogP contribution in [0.25, 0.3) is 0 Å². The number of alkyl halides is 1. The molecule has 0 nitrogen and oxygen atoms in total. The Labute approximate surface area is 58.7 Å². The Morgan fingerprint density at radius 2 is 1.83 bits per heavy atom. The Balaban J connectivity index is 0. The van der Waals surface area contributed by atoms with Crippen LogP contribution in [0.5, 0.6) is 0 Å². The molecule has 6 heavy (non-hydrogen) atoms. The summed E-state index contributed by atoms with van der Waals surface area (Å²) in [6.07, 6.45) is 0.403. The predicted octanol–water partition coefficient (Wildman–Crippen LogP) is 2.06. The van der Waals surface area contributed by atoms with Crippen molar-refractivity contribution in [1.29, 1.82) is 0 Å². The summed E-state index contributed by atoms with van der Waals surface area (Å²) in [5, 5.41) is 0. The van der Waals surface area contributed by atoms with Crippen molar-refractivity contribution in [2.45, 2.75) is 6.42 Å². The van der Waals surface area contributed by atoms with E-state index in [0.29, 0.717) is 6.42 Å². The van der Waals surface area contributed by atoms with E-state index in [1.165, 1.54) is 14.8 Å². The molecule has 0 aromatic carbocycles. The third kappa shape index (κ3) is 18.6. The molecule has 0 saturated heterocycles. The summed E-state index contributed by atoms with van der Waals surface area (Å²) >= 11 is 3.62. The Hall–Kier alpha value is 1.28. The number of rotatable bonds is 1. The molecule has 0 aromatic heterocycles. The molecule has 0 aromatic rings. The van der Waals surface area contributed by atoms with Gasteiger partial charge in [-0.2, -0.15) is 6.42 Å². The van der Waals surface area contributed by atoms with E-state index in [-0.39, 0.29) is 6.67 Å². The molecule has 0 fully saturated rings. The second-order valence-electron chi connectivity index (χ2n) is 0.543. The third-order valence-electron chi connectivity index (χ3n) is 0.134. The molecule has 0 bridgehead atoms. The van der Waals surface area contributed by atoms with E-state index in [4.69, 9.17) is 0 Å². The maximum absolute atomic E-state index is 10.7. The van der Waals surface area contributed by atoms with Crippen LogP contribution in [0.4, 0.5) is 4.39 Å². The molecular formula is C3H6FIZn. The van der Waals surface area contributed by atoms with E-state index in [1.54, 1.807) is 0 Å². The summed E-state index contributed by atoms with van der Waals surface area (Å²) in [7, 11) is 0. The zero-order valence-electron chi connectivity index (χ0n) is 3.58. The van der Waals surface area contributed by atoms with Crippen LogP contribution in [0.3, 0.4) is 0 Å². The zero-order valence-corrected chi connectivity index (χ0v) is 8.71. The first-order chi connectivity index (χ1) is 2.91. The van der Waals surface area contributed by atoms with Gasteiger partial charge in [0.25, 0.3) is 0 Å². The molecule has 0 atom stereocenters. The van der Waals surface area contributed by atoms with Crippen LogP contribution in [-0.4, -0.2) is 6.67 Å². The van der Waals surface area contributed by atoms with Crippen molar-refractivity contribution in [3.63, 3.8) is 0 Å². The summed E-state index contributed by atoms with van der Waals surface area (Å²) in [6.45, 7) is 2.94. The number of hydrogen-bond donors (Lipinski definition) is 0. The van der Waals surface area contributed by atoms with Gasteiger partial charge in [-0.3, -0.25) is 4.39 Å². The van der Waals surface area contributed by atoms with Gasteiger partial charge in [-0.05, 0) is 0 Å². The first-order valence-electron chi connectivity index (χ1n) is 1.53. The first kappa shape index (κ1) is 10.3. The number of halogens is 2. The van der Waals surface area contributed by atoms with Crippen molar-refractivity contribution in [1.82, 2.24) is 0 Å². The van der Waals surface area contributed by atoms with Crippen molar-refractivity contribution in [2.24, 2.45) is 0 Å². The minimum atomic E-state index is -0.292. The Morgan fingerprint density at radius 1 is 1.67 bits per heavy atom. The van der Waals surface area contributed by atoms with Gasteiger partial charge in [0.05, 0.1) is 6.67 Å². The minimum absolute atomic E-state index is 0.292. The Bertz CT molecular complexity index is 12.8. The van der Waals surface area contributed by atoms with E-state index in [0.717, 1.165) is 0 Å². The quantitative estimate of drug-likeness (QED) is 0.381. The molecule has 0 aliphatic rings. The molecule has 0 amide bonds. The summed E-state index contributed by atoms with van der Waals surface area (Å²) in [5.74, 6) is 0. The Morgan fingerprint density at radius 3 is 1.83 bits per heavy atom. The zero-order chi connectivity index (χ0) is 5.41. The predicted molar refractivity (Wildman–Crippen MR) is 30.0 cm³/mol. The van der Waals surface area contributed by atoms with Crippen LogP contribution in [0, 0.1) is 6.92 Å². The van der Waals surface area contributed by atoms with Crippen molar-refractivity contribution in [2.75, 3.05) is 6.67 Å². The van der Waals surface area contributed by atoms with Gasteiger partial charge in [0.1, 0.15) is 0 Å². The van der Waals surface area contributed by atoms with Gasteiger partial charge in [-0.25, -0.2) is 0 Å². The van der Waals surface area contributed by atoms with Gasteiger partial charge in [0.15, 0.2) is 0 Å². The maximum atomic E-state index is 10.7. The molecule has 0 radical (unpaired) electrons. The van der Waals surface area contributed by atoms with Crippen molar-refractivity contribution < 1.29 is 19.2 Å². The van der Waals surface area contributed by atoms with Crippen LogP contribution in [0.1, 0.15) is 6.42 Å². The van der Waals surface area contributed by atoms with Gasteiger partial charge >= 0.3 is 34.5 Å². The summed E-state index contributed by atoms with van der Waals surface area (Å²) in [5.41, 5.74) is 0. The van der Waals surface area contributed by atoms with Gasteiger partial charge in [0.2, 0.25) is 0 Å². The monoisotopic (exact) mass is 252 g/mol. The molecule has 0 aliphatic carbocycles. The second-order valence-corrected chi connectivity index (χ2v) is 0.543. The molecule has 0 rings (SSSR count). The van der Waals surface area contributed by atoms with Gasteiger partial charge in [-0.1, -0.05) is 0 Å². The standard InChI is InChI=1S/C3H6F.HI.Zn/c1-2-3-4;;/h1-3H2;1H;/q-1;;+2/p-1. The molecule has 0 N–H and O–H groups in total. The molecule has 0 saturated carbocycles. The normalized spacial score (nSPS) is 6.17. The summed E-state index contributed by atoms with van der Waals surface area (Å²) < 4.78 is 10.7. The van der Waals surface area contributed by atoms with E-state index in [1.807, 2.05) is 0 Å². The van der Waals surface area contributed by atoms with Crippen LogP contribution >= 0.6 is 19.8 Å². The molecule has 0 unspecified atom stereocenters. The molecule has 0 aliphatic heterocycles. The fraction of sp³-hybridized carbons (Fsp3) is 0.667. The average molecular weight is 253 g/mol. The average Bonchev–Trinajstić information content (AvgIpc) is 1.72. The molecule has 0 heterocycles. The van der Waals surface area contributed by atoms with Crippen molar-refractivity contribution in [3.8, 4) is 0 Å². The van der Waals surface area contributed by atoms with Crippen molar-refractivity contribution in [3.05, 3.63) is 6.92 Å². The van der Waals surface area contributed by atoms with Crippen LogP contribution in [0.2, 0.25) is 0 Å². The topological polar surface area (TPSA) is 0 Å². The Kier molecular flexibility index (Phi) is 27.9. The first-order valence-corrected chi connectivity index (χ1v) is 10.6. The van der Waals surface area contributed by atoms with E-state index in [9.17, 15) is 4.39 Å². The third-order valence-corrected chi connectivity index (χ3v) is 0.134.